The molecule has 4 fully saturated rings. The first-order valence-corrected chi connectivity index (χ1v) is 16.6. The van der Waals surface area contributed by atoms with Crippen LogP contribution in [0.5, 0.6) is 5.75 Å². The minimum atomic E-state index is -1.45. The minimum Gasteiger partial charge on any atom is -0.486 e. The topological polar surface area (TPSA) is 149 Å². The molecule has 13 nitrogen and oxygen atoms in total. The highest BCUT2D eigenvalue weighted by atomic mass is 32.2. The molecule has 2 N–H and O–H groups in total. The van der Waals surface area contributed by atoms with Crippen LogP contribution in [0.3, 0.4) is 0 Å². The van der Waals surface area contributed by atoms with Gasteiger partial charge in [0.25, 0.3) is 5.24 Å². The summed E-state index contributed by atoms with van der Waals surface area (Å²) in [5, 5.41) is 15.5. The van der Waals surface area contributed by atoms with Crippen LogP contribution in [0.4, 0.5) is 26.5 Å². The lowest BCUT2D eigenvalue weighted by molar-refractivity contribution is -0.136. The Hall–Kier alpha value is -4.52. The van der Waals surface area contributed by atoms with Crippen molar-refractivity contribution in [2.45, 2.75) is 30.8 Å². The maximum atomic E-state index is 15.1. The predicted molar refractivity (Wildman–Crippen MR) is 173 cm³/mol. The summed E-state index contributed by atoms with van der Waals surface area (Å²) in [6, 6.07) is 15.2. The van der Waals surface area contributed by atoms with Gasteiger partial charge in [0.2, 0.25) is 11.9 Å². The number of likely N-dealkylation sites (tertiary alicyclic amines) is 1. The zero-order chi connectivity index (χ0) is 32.3. The lowest BCUT2D eigenvalue weighted by Crippen LogP contribution is -2.56. The average Bonchev–Trinajstić information content (AvgIpc) is 3.51. The standard InChI is InChI=1S/C32H34FN9O4S/c33-25-15-42(30(43)26-18-47-32(44)38-26)8-7-28(25)46-27-6-1-20(13-21(27)14-34)29-35-19-36-31(39-29)37-22-2-4-23(5-3-22)40-9-11-41(12-10-40)24-16-45-17-24/h1-6,13,19,24-26,28H,7-12,15-18H2,(H,38,44)(H,35,36,37,39)/t25-,26-,28-/m0/s1. The summed E-state index contributed by atoms with van der Waals surface area (Å²) in [7, 11) is 0. The van der Waals surface area contributed by atoms with Crippen molar-refractivity contribution in [3.8, 4) is 23.2 Å². The number of piperazine rings is 1. The summed E-state index contributed by atoms with van der Waals surface area (Å²) in [5.74, 6) is 1.01. The second-order valence-corrected chi connectivity index (χ2v) is 12.9. The SMILES string of the molecule is N#Cc1cc(-c2ncnc(Nc3ccc(N4CCN(C5COC5)CC4)cc3)n2)ccc1O[C@H]1CCN(C(=O)[C@@H]2CSC(=O)N2)C[C@@H]1F. The summed E-state index contributed by atoms with van der Waals surface area (Å²) in [6.45, 7) is 5.85. The summed E-state index contributed by atoms with van der Waals surface area (Å²) >= 11 is 1.04. The number of carbonyl (C=O) groups is 2. The number of nitrogens with one attached hydrogen (secondary N) is 2. The van der Waals surface area contributed by atoms with E-state index < -0.39 is 18.3 Å². The smallest absolute Gasteiger partial charge is 0.279 e. The van der Waals surface area contributed by atoms with Gasteiger partial charge in [-0.3, -0.25) is 14.5 Å². The Morgan fingerprint density at radius 2 is 1.91 bits per heavy atom. The number of halogens is 1. The maximum Gasteiger partial charge on any atom is 0.279 e. The van der Waals surface area contributed by atoms with E-state index in [2.05, 4.69) is 53.6 Å². The molecule has 2 amide bonds. The van der Waals surface area contributed by atoms with E-state index in [9.17, 15) is 14.9 Å². The summed E-state index contributed by atoms with van der Waals surface area (Å²) in [5.41, 5.74) is 2.79. The Balaban J connectivity index is 0.956. The first kappa shape index (κ1) is 31.1. The zero-order valence-electron chi connectivity index (χ0n) is 25.5. The van der Waals surface area contributed by atoms with Crippen molar-refractivity contribution in [1.29, 1.82) is 5.26 Å². The number of carbonyl (C=O) groups excluding carboxylic acids is 2. The van der Waals surface area contributed by atoms with Gasteiger partial charge in [0, 0.05) is 61.8 Å². The molecule has 3 aromatic rings. The molecule has 0 spiro atoms. The number of rotatable bonds is 8. The summed E-state index contributed by atoms with van der Waals surface area (Å²) in [4.78, 5) is 43.6. The summed E-state index contributed by atoms with van der Waals surface area (Å²) < 4.78 is 26.4. The Labute approximate surface area is 275 Å². The summed E-state index contributed by atoms with van der Waals surface area (Å²) in [6.07, 6.45) is -0.617. The minimum absolute atomic E-state index is 0.141. The van der Waals surface area contributed by atoms with Crippen molar-refractivity contribution in [3.05, 3.63) is 54.4 Å². The van der Waals surface area contributed by atoms with Gasteiger partial charge in [-0.2, -0.15) is 10.2 Å². The van der Waals surface area contributed by atoms with Crippen LogP contribution in [0, 0.1) is 11.3 Å². The molecule has 4 aliphatic rings. The van der Waals surface area contributed by atoms with Gasteiger partial charge in [-0.25, -0.2) is 14.4 Å². The molecule has 4 aliphatic heterocycles. The second kappa shape index (κ2) is 13.7. The quantitative estimate of drug-likeness (QED) is 0.366. The Morgan fingerprint density at radius 1 is 1.11 bits per heavy atom. The van der Waals surface area contributed by atoms with E-state index in [1.54, 1.807) is 18.2 Å². The lowest BCUT2D eigenvalue weighted by atomic mass is 10.0. The average molecular weight is 660 g/mol. The number of amides is 2. The van der Waals surface area contributed by atoms with Crippen LogP contribution in [0.2, 0.25) is 0 Å². The fraction of sp³-hybridized carbons (Fsp3) is 0.438. The Bertz CT molecular complexity index is 1660. The molecule has 0 bridgehead atoms. The van der Waals surface area contributed by atoms with Crippen LogP contribution in [-0.4, -0.2) is 118 Å². The highest BCUT2D eigenvalue weighted by Gasteiger charge is 2.38. The molecule has 3 atom stereocenters. The largest absolute Gasteiger partial charge is 0.486 e. The van der Waals surface area contributed by atoms with E-state index in [-0.39, 0.29) is 42.0 Å². The van der Waals surface area contributed by atoms with Crippen molar-refractivity contribution in [3.63, 3.8) is 0 Å². The second-order valence-electron chi connectivity index (χ2n) is 11.9. The number of aromatic nitrogens is 3. The fourth-order valence-corrected chi connectivity index (χ4v) is 6.91. The van der Waals surface area contributed by atoms with Gasteiger partial charge >= 0.3 is 0 Å². The van der Waals surface area contributed by atoms with E-state index in [0.717, 1.165) is 56.8 Å². The van der Waals surface area contributed by atoms with Crippen molar-refractivity contribution in [2.24, 2.45) is 0 Å². The first-order chi connectivity index (χ1) is 22.9. The fourth-order valence-electron chi connectivity index (χ4n) is 6.14. The number of hydrogen-bond donors (Lipinski definition) is 2. The van der Waals surface area contributed by atoms with E-state index in [1.165, 1.54) is 16.9 Å². The van der Waals surface area contributed by atoms with E-state index in [1.807, 2.05) is 12.1 Å². The number of piperidine rings is 1. The lowest BCUT2D eigenvalue weighted by Gasteiger charge is -2.43. The molecule has 15 heteroatoms. The molecular formula is C32H34FN9O4S. The van der Waals surface area contributed by atoms with Crippen molar-refractivity contribution in [2.75, 3.05) is 68.5 Å². The molecule has 0 aliphatic carbocycles. The van der Waals surface area contributed by atoms with Gasteiger partial charge in [-0.05, 0) is 42.5 Å². The molecule has 2 aromatic carbocycles. The Morgan fingerprint density at radius 3 is 2.60 bits per heavy atom. The molecule has 7 rings (SSSR count). The van der Waals surface area contributed by atoms with E-state index >= 15 is 4.39 Å². The number of anilines is 3. The molecule has 5 heterocycles. The first-order valence-electron chi connectivity index (χ1n) is 15.6. The maximum absolute atomic E-state index is 15.1. The van der Waals surface area contributed by atoms with Gasteiger partial charge in [-0.1, -0.05) is 11.8 Å². The zero-order valence-corrected chi connectivity index (χ0v) is 26.4. The molecule has 0 radical (unpaired) electrons. The predicted octanol–water partition coefficient (Wildman–Crippen LogP) is 2.82. The third-order valence-corrected chi connectivity index (χ3v) is 9.79. The third kappa shape index (κ3) is 6.95. The van der Waals surface area contributed by atoms with E-state index in [4.69, 9.17) is 9.47 Å². The molecule has 1 aromatic heterocycles. The molecule has 0 unspecified atom stereocenters. The number of nitriles is 1. The molecular weight excluding hydrogens is 625 g/mol. The highest BCUT2D eigenvalue weighted by Crippen LogP contribution is 2.29. The van der Waals surface area contributed by atoms with Crippen molar-refractivity contribution in [1.82, 2.24) is 30.1 Å². The third-order valence-electron chi connectivity index (χ3n) is 8.91. The van der Waals surface area contributed by atoms with Crippen LogP contribution < -0.4 is 20.3 Å². The Kier molecular flexibility index (Phi) is 9.05. The highest BCUT2D eigenvalue weighted by molar-refractivity contribution is 8.14. The van der Waals surface area contributed by atoms with Crippen LogP contribution in [0.25, 0.3) is 11.4 Å². The number of nitrogens with zero attached hydrogens (tertiary/aromatic N) is 7. The molecule has 47 heavy (non-hydrogen) atoms. The van der Waals surface area contributed by atoms with Crippen LogP contribution in [0.15, 0.2) is 48.8 Å². The monoisotopic (exact) mass is 659 g/mol. The number of benzene rings is 2. The van der Waals surface area contributed by atoms with E-state index in [0.29, 0.717) is 29.1 Å². The van der Waals surface area contributed by atoms with Gasteiger partial charge in [-0.15, -0.1) is 0 Å². The number of thioether (sulfide) groups is 1. The van der Waals surface area contributed by atoms with Crippen molar-refractivity contribution >= 4 is 40.2 Å². The number of alkyl halides is 1. The van der Waals surface area contributed by atoms with Crippen LogP contribution >= 0.6 is 11.8 Å². The van der Waals surface area contributed by atoms with Gasteiger partial charge in [0.15, 0.2) is 12.0 Å². The van der Waals surface area contributed by atoms with Gasteiger partial charge < -0.3 is 29.9 Å². The normalized spacial score (nSPS) is 23.5. The van der Waals surface area contributed by atoms with Crippen molar-refractivity contribution < 1.29 is 23.5 Å². The number of hydrogen-bond acceptors (Lipinski definition) is 12. The van der Waals surface area contributed by atoms with Crippen LogP contribution in [0.1, 0.15) is 12.0 Å². The molecule has 244 valence electrons. The van der Waals surface area contributed by atoms with Gasteiger partial charge in [0.1, 0.15) is 30.3 Å². The van der Waals surface area contributed by atoms with Gasteiger partial charge in [0.05, 0.1) is 31.4 Å². The molecule has 4 saturated heterocycles. The van der Waals surface area contributed by atoms with Crippen LogP contribution in [-0.2, 0) is 9.53 Å². The molecule has 0 saturated carbocycles. The number of ether oxygens (including phenoxy) is 2.